The van der Waals surface area contributed by atoms with E-state index in [-0.39, 0.29) is 0 Å². The van der Waals surface area contributed by atoms with E-state index in [4.69, 9.17) is 0 Å². The van der Waals surface area contributed by atoms with Gasteiger partial charge in [0.1, 0.15) is 0 Å². The molecule has 0 saturated heterocycles. The lowest BCUT2D eigenvalue weighted by molar-refractivity contribution is 1.28. The molecule has 190 valence electrons. The molecule has 0 amide bonds. The summed E-state index contributed by atoms with van der Waals surface area (Å²) < 4.78 is 1.19. The Labute approximate surface area is 237 Å². The zero-order valence-electron chi connectivity index (χ0n) is 21.7. The van der Waals surface area contributed by atoms with E-state index in [2.05, 4.69) is 130 Å². The van der Waals surface area contributed by atoms with E-state index in [1.165, 1.54) is 26.3 Å². The molecule has 4 heteroatoms. The van der Waals surface area contributed by atoms with Crippen LogP contribution in [-0.4, -0.2) is 9.97 Å². The average Bonchev–Trinajstić information content (AvgIpc) is 3.48. The summed E-state index contributed by atoms with van der Waals surface area (Å²) in [5, 5.41) is 0. The molecule has 0 N–H and O–H groups in total. The summed E-state index contributed by atoms with van der Waals surface area (Å²) in [6.07, 6.45) is 3.69. The Morgan fingerprint density at radius 3 is 1.90 bits per heavy atom. The summed E-state index contributed by atoms with van der Waals surface area (Å²) in [6, 6.07) is 49.0. The summed E-state index contributed by atoms with van der Waals surface area (Å²) >= 11 is 1.77. The minimum atomic E-state index is 0.965. The van der Waals surface area contributed by atoms with Crippen molar-refractivity contribution in [2.24, 2.45) is 0 Å². The molecule has 3 nitrogen and oxygen atoms in total. The number of fused-ring (bicyclic) bond motifs is 1. The topological polar surface area (TPSA) is 29.0 Å². The number of hydrogen-bond donors (Lipinski definition) is 0. The molecule has 3 heterocycles. The van der Waals surface area contributed by atoms with Gasteiger partial charge in [-0.1, -0.05) is 72.8 Å². The van der Waals surface area contributed by atoms with Crippen molar-refractivity contribution in [3.63, 3.8) is 0 Å². The molecule has 0 spiro atoms. The number of rotatable bonds is 6. The van der Waals surface area contributed by atoms with Crippen LogP contribution in [0.3, 0.4) is 0 Å². The van der Waals surface area contributed by atoms with Crippen molar-refractivity contribution in [1.29, 1.82) is 0 Å². The minimum Gasteiger partial charge on any atom is -0.310 e. The van der Waals surface area contributed by atoms with Crippen LogP contribution in [0.1, 0.15) is 0 Å². The summed E-state index contributed by atoms with van der Waals surface area (Å²) in [4.78, 5) is 12.6. The van der Waals surface area contributed by atoms with Gasteiger partial charge in [-0.3, -0.25) is 9.97 Å². The number of nitrogens with zero attached hydrogens (tertiary/aromatic N) is 3. The van der Waals surface area contributed by atoms with E-state index in [0.29, 0.717) is 0 Å². The monoisotopic (exact) mass is 531 g/mol. The standard InChI is InChI=1S/C36H25N3S/c1-2-9-26(10-3-1)28-11-6-13-31(23-28)39(30-19-17-27(18-20-30)33-15-4-5-21-37-33)32-14-7-12-29(24-32)36-25-34-35(40-36)16-8-22-38-34/h1-25H. The van der Waals surface area contributed by atoms with Gasteiger partial charge in [-0.05, 0) is 83.4 Å². The van der Waals surface area contributed by atoms with Crippen molar-refractivity contribution in [3.8, 4) is 32.8 Å². The largest absolute Gasteiger partial charge is 0.310 e. The van der Waals surface area contributed by atoms with E-state index in [1.807, 2.05) is 36.7 Å². The van der Waals surface area contributed by atoms with Crippen LogP contribution in [0.5, 0.6) is 0 Å². The van der Waals surface area contributed by atoms with Gasteiger partial charge in [0, 0.05) is 39.9 Å². The first kappa shape index (κ1) is 24.0. The number of aromatic nitrogens is 2. The molecule has 0 fully saturated rings. The van der Waals surface area contributed by atoms with Gasteiger partial charge < -0.3 is 4.90 Å². The van der Waals surface area contributed by atoms with Crippen LogP contribution >= 0.6 is 11.3 Å². The summed E-state index contributed by atoms with van der Waals surface area (Å²) in [5.74, 6) is 0. The van der Waals surface area contributed by atoms with Crippen molar-refractivity contribution in [1.82, 2.24) is 9.97 Å². The second-order valence-electron chi connectivity index (χ2n) is 9.56. The highest BCUT2D eigenvalue weighted by molar-refractivity contribution is 7.22. The molecule has 0 aliphatic heterocycles. The van der Waals surface area contributed by atoms with Gasteiger partial charge in [-0.2, -0.15) is 0 Å². The molecular weight excluding hydrogens is 506 g/mol. The Balaban J connectivity index is 1.34. The van der Waals surface area contributed by atoms with Crippen molar-refractivity contribution < 1.29 is 0 Å². The predicted octanol–water partition coefficient (Wildman–Crippen LogP) is 10.2. The molecule has 0 atom stereocenters. The van der Waals surface area contributed by atoms with Crippen LogP contribution in [0.2, 0.25) is 0 Å². The van der Waals surface area contributed by atoms with Crippen LogP contribution in [0.25, 0.3) is 43.0 Å². The maximum Gasteiger partial charge on any atom is 0.0816 e. The molecule has 4 aromatic carbocycles. The highest BCUT2D eigenvalue weighted by Gasteiger charge is 2.15. The third-order valence-electron chi connectivity index (χ3n) is 6.97. The molecule has 3 aromatic heterocycles. The van der Waals surface area contributed by atoms with E-state index >= 15 is 0 Å². The highest BCUT2D eigenvalue weighted by atomic mass is 32.1. The number of pyridine rings is 2. The van der Waals surface area contributed by atoms with Crippen LogP contribution < -0.4 is 4.90 Å². The van der Waals surface area contributed by atoms with Gasteiger partial charge in [0.15, 0.2) is 0 Å². The Kier molecular flexibility index (Phi) is 6.36. The van der Waals surface area contributed by atoms with Crippen molar-refractivity contribution in [3.05, 3.63) is 152 Å². The summed E-state index contributed by atoms with van der Waals surface area (Å²) in [6.45, 7) is 0. The van der Waals surface area contributed by atoms with Crippen molar-refractivity contribution in [2.45, 2.75) is 0 Å². The predicted molar refractivity (Wildman–Crippen MR) is 168 cm³/mol. The molecule has 0 aliphatic rings. The van der Waals surface area contributed by atoms with E-state index in [9.17, 15) is 0 Å². The normalized spacial score (nSPS) is 11.0. The van der Waals surface area contributed by atoms with Crippen LogP contribution in [-0.2, 0) is 0 Å². The molecule has 0 bridgehead atoms. The summed E-state index contributed by atoms with van der Waals surface area (Å²) in [7, 11) is 0. The quantitative estimate of drug-likeness (QED) is 0.214. The third-order valence-corrected chi connectivity index (χ3v) is 8.11. The maximum atomic E-state index is 4.55. The fraction of sp³-hybridized carbons (Fsp3) is 0. The van der Waals surface area contributed by atoms with E-state index in [0.717, 1.165) is 33.8 Å². The second-order valence-corrected chi connectivity index (χ2v) is 10.6. The number of benzene rings is 4. The minimum absolute atomic E-state index is 0.965. The zero-order chi connectivity index (χ0) is 26.7. The molecule has 0 saturated carbocycles. The lowest BCUT2D eigenvalue weighted by atomic mass is 10.0. The zero-order valence-corrected chi connectivity index (χ0v) is 22.5. The highest BCUT2D eigenvalue weighted by Crippen LogP contribution is 2.40. The number of thiophene rings is 1. The van der Waals surface area contributed by atoms with Gasteiger partial charge in [0.25, 0.3) is 0 Å². The second kappa shape index (κ2) is 10.6. The molecule has 40 heavy (non-hydrogen) atoms. The molecular formula is C36H25N3S. The lowest BCUT2D eigenvalue weighted by Crippen LogP contribution is -2.10. The number of anilines is 3. The Hall–Kier alpha value is -5.06. The van der Waals surface area contributed by atoms with Crippen LogP contribution in [0, 0.1) is 0 Å². The smallest absolute Gasteiger partial charge is 0.0816 e. The van der Waals surface area contributed by atoms with Gasteiger partial charge >= 0.3 is 0 Å². The molecule has 7 aromatic rings. The first-order chi connectivity index (χ1) is 19.8. The van der Waals surface area contributed by atoms with Crippen LogP contribution in [0.15, 0.2) is 152 Å². The van der Waals surface area contributed by atoms with E-state index < -0.39 is 0 Å². The van der Waals surface area contributed by atoms with Crippen molar-refractivity contribution in [2.75, 3.05) is 4.90 Å². The first-order valence-electron chi connectivity index (χ1n) is 13.2. The molecule has 0 radical (unpaired) electrons. The summed E-state index contributed by atoms with van der Waals surface area (Å²) in [5.41, 5.74) is 9.92. The fourth-order valence-corrected chi connectivity index (χ4v) is 6.04. The fourth-order valence-electron chi connectivity index (χ4n) is 5.03. The SMILES string of the molecule is c1ccc(-c2cccc(N(c3ccc(-c4ccccn4)cc3)c3cccc(-c4cc5ncccc5s4)c3)c2)cc1. The first-order valence-corrected chi connectivity index (χ1v) is 14.1. The lowest BCUT2D eigenvalue weighted by Gasteiger charge is -2.26. The van der Waals surface area contributed by atoms with Gasteiger partial charge in [-0.25, -0.2) is 0 Å². The maximum absolute atomic E-state index is 4.55. The van der Waals surface area contributed by atoms with Gasteiger partial charge in [0.2, 0.25) is 0 Å². The Bertz CT molecular complexity index is 1860. The van der Waals surface area contributed by atoms with Gasteiger partial charge in [0.05, 0.1) is 15.9 Å². The van der Waals surface area contributed by atoms with Gasteiger partial charge in [-0.15, -0.1) is 11.3 Å². The number of hydrogen-bond acceptors (Lipinski definition) is 4. The molecule has 7 rings (SSSR count). The Morgan fingerprint density at radius 1 is 0.450 bits per heavy atom. The Morgan fingerprint density at radius 2 is 1.15 bits per heavy atom. The van der Waals surface area contributed by atoms with Crippen LogP contribution in [0.4, 0.5) is 17.1 Å². The van der Waals surface area contributed by atoms with E-state index in [1.54, 1.807) is 11.3 Å². The van der Waals surface area contributed by atoms with Crippen molar-refractivity contribution >= 4 is 38.6 Å². The molecule has 0 unspecified atom stereocenters. The third kappa shape index (κ3) is 4.77. The average molecular weight is 532 g/mol. The molecule has 0 aliphatic carbocycles.